The van der Waals surface area contributed by atoms with Crippen molar-refractivity contribution in [2.24, 2.45) is 0 Å². The number of hydrogen-bond donors (Lipinski definition) is 2. The van der Waals surface area contributed by atoms with Crippen LogP contribution < -0.4 is 5.32 Å². The molecule has 0 spiro atoms. The van der Waals surface area contributed by atoms with E-state index in [0.717, 1.165) is 32.5 Å². The van der Waals surface area contributed by atoms with Gasteiger partial charge in [0, 0.05) is 32.1 Å². The lowest BCUT2D eigenvalue weighted by atomic mass is 9.98. The summed E-state index contributed by atoms with van der Waals surface area (Å²) in [6.45, 7) is 5.47. The first-order valence-electron chi connectivity index (χ1n) is 6.88. The van der Waals surface area contributed by atoms with Gasteiger partial charge in [-0.05, 0) is 26.2 Å². The number of nitrogens with one attached hydrogen (secondary N) is 1. The Labute approximate surface area is 108 Å². The first-order valence-corrected chi connectivity index (χ1v) is 6.88. The molecule has 2 unspecified atom stereocenters. The monoisotopic (exact) mass is 256 g/mol. The Morgan fingerprint density at radius 3 is 3.06 bits per heavy atom. The van der Waals surface area contributed by atoms with Gasteiger partial charge in [0.15, 0.2) is 0 Å². The van der Waals surface area contributed by atoms with Gasteiger partial charge >= 0.3 is 0 Å². The number of aliphatic hydroxyl groups is 1. The third-order valence-electron chi connectivity index (χ3n) is 3.84. The highest BCUT2D eigenvalue weighted by Gasteiger charge is 2.28. The van der Waals surface area contributed by atoms with E-state index in [1.54, 1.807) is 0 Å². The molecule has 2 atom stereocenters. The minimum absolute atomic E-state index is 0.148. The zero-order valence-corrected chi connectivity index (χ0v) is 11.2. The van der Waals surface area contributed by atoms with Gasteiger partial charge in [-0.25, -0.2) is 0 Å². The number of ether oxygens (including phenoxy) is 1. The molecule has 2 N–H and O–H groups in total. The molecule has 18 heavy (non-hydrogen) atoms. The maximum Gasteiger partial charge on any atom is 0.224 e. The molecular formula is C13H24N2O3. The Balaban J connectivity index is 1.81. The zero-order chi connectivity index (χ0) is 13.0. The van der Waals surface area contributed by atoms with Crippen LogP contribution in [0.4, 0.5) is 0 Å². The second-order valence-electron chi connectivity index (χ2n) is 5.66. The van der Waals surface area contributed by atoms with E-state index < -0.39 is 5.60 Å². The molecule has 5 nitrogen and oxygen atoms in total. The number of amides is 1. The average molecular weight is 256 g/mol. The Morgan fingerprint density at radius 2 is 2.33 bits per heavy atom. The number of likely N-dealkylation sites (tertiary alicyclic amines) is 1. The van der Waals surface area contributed by atoms with Gasteiger partial charge in [0.2, 0.25) is 5.91 Å². The first kappa shape index (κ1) is 13.8. The van der Waals surface area contributed by atoms with Gasteiger partial charge in [-0.15, -0.1) is 0 Å². The van der Waals surface area contributed by atoms with Crippen molar-refractivity contribution in [2.75, 3.05) is 32.8 Å². The molecule has 0 aliphatic carbocycles. The molecule has 2 saturated heterocycles. The van der Waals surface area contributed by atoms with Crippen molar-refractivity contribution in [1.82, 2.24) is 10.2 Å². The molecule has 5 heteroatoms. The predicted molar refractivity (Wildman–Crippen MR) is 68.3 cm³/mol. The molecule has 0 radical (unpaired) electrons. The van der Waals surface area contributed by atoms with E-state index in [9.17, 15) is 9.90 Å². The Bertz CT molecular complexity index is 288. The lowest BCUT2D eigenvalue weighted by molar-refractivity contribution is -0.132. The molecular weight excluding hydrogens is 232 g/mol. The Hall–Kier alpha value is -0.650. The number of morpholine rings is 1. The van der Waals surface area contributed by atoms with Gasteiger partial charge in [0.25, 0.3) is 0 Å². The van der Waals surface area contributed by atoms with Crippen molar-refractivity contribution < 1.29 is 14.6 Å². The zero-order valence-electron chi connectivity index (χ0n) is 11.2. The van der Waals surface area contributed by atoms with Crippen molar-refractivity contribution >= 4 is 5.91 Å². The van der Waals surface area contributed by atoms with Crippen molar-refractivity contribution in [3.63, 3.8) is 0 Å². The normalized spacial score (nSPS) is 34.1. The highest BCUT2D eigenvalue weighted by molar-refractivity contribution is 5.76. The maximum absolute atomic E-state index is 12.2. The van der Waals surface area contributed by atoms with Crippen LogP contribution in [-0.4, -0.2) is 60.4 Å². The van der Waals surface area contributed by atoms with Crippen molar-refractivity contribution in [1.29, 1.82) is 0 Å². The molecule has 2 rings (SSSR count). The van der Waals surface area contributed by atoms with Crippen molar-refractivity contribution in [3.8, 4) is 0 Å². The molecule has 2 fully saturated rings. The van der Waals surface area contributed by atoms with Gasteiger partial charge in [-0.2, -0.15) is 0 Å². The fourth-order valence-corrected chi connectivity index (χ4v) is 2.60. The van der Waals surface area contributed by atoms with Crippen LogP contribution in [0.25, 0.3) is 0 Å². The molecule has 2 heterocycles. The highest BCUT2D eigenvalue weighted by atomic mass is 16.5. The van der Waals surface area contributed by atoms with E-state index in [1.165, 1.54) is 0 Å². The van der Waals surface area contributed by atoms with E-state index in [2.05, 4.69) is 5.32 Å². The van der Waals surface area contributed by atoms with Gasteiger partial charge in [-0.3, -0.25) is 4.79 Å². The number of carbonyl (C=O) groups is 1. The van der Waals surface area contributed by atoms with Crippen molar-refractivity contribution in [3.05, 3.63) is 0 Å². The summed E-state index contributed by atoms with van der Waals surface area (Å²) < 4.78 is 5.35. The van der Waals surface area contributed by atoms with E-state index >= 15 is 0 Å². The van der Waals surface area contributed by atoms with Crippen LogP contribution in [0.1, 0.15) is 32.6 Å². The summed E-state index contributed by atoms with van der Waals surface area (Å²) in [5.41, 5.74) is -0.610. The minimum atomic E-state index is -0.610. The summed E-state index contributed by atoms with van der Waals surface area (Å²) in [7, 11) is 0. The largest absolute Gasteiger partial charge is 0.390 e. The van der Waals surface area contributed by atoms with Crippen LogP contribution in [0.2, 0.25) is 0 Å². The summed E-state index contributed by atoms with van der Waals surface area (Å²) in [6.07, 6.45) is 2.84. The number of carbonyl (C=O) groups excluding carboxylic acids is 1. The number of rotatable bonds is 2. The second-order valence-corrected chi connectivity index (χ2v) is 5.66. The van der Waals surface area contributed by atoms with Crippen LogP contribution in [0.5, 0.6) is 0 Å². The van der Waals surface area contributed by atoms with Crippen LogP contribution in [0.15, 0.2) is 0 Å². The minimum Gasteiger partial charge on any atom is -0.390 e. The third-order valence-corrected chi connectivity index (χ3v) is 3.84. The van der Waals surface area contributed by atoms with Gasteiger partial charge in [0.1, 0.15) is 0 Å². The summed E-state index contributed by atoms with van der Waals surface area (Å²) >= 11 is 0. The molecule has 2 aliphatic heterocycles. The molecule has 0 aromatic heterocycles. The molecule has 0 bridgehead atoms. The highest BCUT2D eigenvalue weighted by Crippen LogP contribution is 2.21. The topological polar surface area (TPSA) is 61.8 Å². The molecule has 0 aromatic carbocycles. The van der Waals surface area contributed by atoms with Gasteiger partial charge < -0.3 is 20.1 Å². The van der Waals surface area contributed by atoms with Crippen LogP contribution in [0.3, 0.4) is 0 Å². The molecule has 104 valence electrons. The average Bonchev–Trinajstić information content (AvgIpc) is 2.51. The maximum atomic E-state index is 12.2. The number of hydrogen-bond acceptors (Lipinski definition) is 4. The molecule has 2 aliphatic rings. The Morgan fingerprint density at radius 1 is 1.50 bits per heavy atom. The lowest BCUT2D eigenvalue weighted by Crippen LogP contribution is -2.45. The SMILES string of the molecule is CC1(O)CCCN(C(=O)CC2COCCN2)CC1. The van der Waals surface area contributed by atoms with Gasteiger partial charge in [-0.1, -0.05) is 0 Å². The third kappa shape index (κ3) is 3.93. The standard InChI is InChI=1S/C13H24N2O3/c1-13(17)3-2-6-15(7-4-13)12(16)9-11-10-18-8-5-14-11/h11,14,17H,2-10H2,1H3. The van der Waals surface area contributed by atoms with Crippen molar-refractivity contribution in [2.45, 2.75) is 44.2 Å². The summed E-state index contributed by atoms with van der Waals surface area (Å²) in [5.74, 6) is 0.177. The summed E-state index contributed by atoms with van der Waals surface area (Å²) in [6, 6.07) is 0.148. The van der Waals surface area contributed by atoms with E-state index in [4.69, 9.17) is 4.74 Å². The molecule has 0 saturated carbocycles. The molecule has 0 aromatic rings. The summed E-state index contributed by atoms with van der Waals surface area (Å²) in [4.78, 5) is 14.1. The quantitative estimate of drug-likeness (QED) is 0.737. The number of nitrogens with zero attached hydrogens (tertiary/aromatic N) is 1. The molecule has 1 amide bonds. The summed E-state index contributed by atoms with van der Waals surface area (Å²) in [5, 5.41) is 13.3. The predicted octanol–water partition coefficient (Wildman–Crippen LogP) is 0.128. The lowest BCUT2D eigenvalue weighted by Gasteiger charge is -2.27. The van der Waals surface area contributed by atoms with Gasteiger partial charge in [0.05, 0.1) is 18.8 Å². The van der Waals surface area contributed by atoms with E-state index in [1.807, 2.05) is 11.8 Å². The first-order chi connectivity index (χ1) is 8.57. The fourth-order valence-electron chi connectivity index (χ4n) is 2.60. The van der Waals surface area contributed by atoms with E-state index in [-0.39, 0.29) is 11.9 Å². The Kier molecular flexibility index (Phi) is 4.59. The second kappa shape index (κ2) is 5.99. The fraction of sp³-hybridized carbons (Fsp3) is 0.923. The van der Waals surface area contributed by atoms with Crippen LogP contribution >= 0.6 is 0 Å². The van der Waals surface area contributed by atoms with Crippen LogP contribution in [-0.2, 0) is 9.53 Å². The van der Waals surface area contributed by atoms with E-state index in [0.29, 0.717) is 26.0 Å². The smallest absolute Gasteiger partial charge is 0.224 e. The van der Waals surface area contributed by atoms with Crippen LogP contribution in [0, 0.1) is 0 Å².